The second-order valence-corrected chi connectivity index (χ2v) is 9.96. The summed E-state index contributed by atoms with van der Waals surface area (Å²) in [4.78, 5) is 27.8. The number of aromatic nitrogens is 2. The Morgan fingerprint density at radius 1 is 1.12 bits per heavy atom. The summed E-state index contributed by atoms with van der Waals surface area (Å²) in [5.41, 5.74) is 3.06. The van der Waals surface area contributed by atoms with E-state index in [1.165, 1.54) is 4.90 Å². The predicted octanol–water partition coefficient (Wildman–Crippen LogP) is 4.97. The van der Waals surface area contributed by atoms with Gasteiger partial charge in [0.1, 0.15) is 12.4 Å². The van der Waals surface area contributed by atoms with E-state index >= 15 is 0 Å². The molecule has 34 heavy (non-hydrogen) atoms. The molecule has 3 rings (SSSR count). The molecule has 0 radical (unpaired) electrons. The van der Waals surface area contributed by atoms with Crippen molar-refractivity contribution in [1.82, 2.24) is 14.7 Å². The van der Waals surface area contributed by atoms with Crippen LogP contribution in [0.4, 0.5) is 5.82 Å². The lowest BCUT2D eigenvalue weighted by molar-refractivity contribution is -0.117. The average molecular weight is 527 g/mol. The third-order valence-electron chi connectivity index (χ3n) is 5.38. The van der Waals surface area contributed by atoms with E-state index < -0.39 is 0 Å². The second kappa shape index (κ2) is 11.0. The molecule has 0 aliphatic heterocycles. The van der Waals surface area contributed by atoms with Gasteiger partial charge in [-0.05, 0) is 46.6 Å². The maximum Gasteiger partial charge on any atom is 0.255 e. The van der Waals surface area contributed by atoms with Gasteiger partial charge in [-0.1, -0.05) is 51.1 Å². The van der Waals surface area contributed by atoms with E-state index in [1.54, 1.807) is 30.0 Å². The number of aryl methyl sites for hydroxylation is 1. The summed E-state index contributed by atoms with van der Waals surface area (Å²) in [6.45, 7) is 8.72. The monoisotopic (exact) mass is 526 g/mol. The fraction of sp³-hybridized carbons (Fsp3) is 0.346. The molecule has 180 valence electrons. The average Bonchev–Trinajstić information content (AvgIpc) is 3.20. The topological polar surface area (TPSA) is 76.5 Å². The summed E-state index contributed by atoms with van der Waals surface area (Å²) in [7, 11) is 1.57. The van der Waals surface area contributed by atoms with Crippen molar-refractivity contribution in [2.75, 3.05) is 32.1 Å². The van der Waals surface area contributed by atoms with Crippen LogP contribution < -0.4 is 5.32 Å². The molecule has 0 bridgehead atoms. The summed E-state index contributed by atoms with van der Waals surface area (Å²) >= 11 is 3.43. The van der Waals surface area contributed by atoms with Gasteiger partial charge >= 0.3 is 0 Å². The van der Waals surface area contributed by atoms with E-state index in [2.05, 4.69) is 42.0 Å². The molecule has 0 saturated heterocycles. The third-order valence-corrected chi connectivity index (χ3v) is 6.07. The Balaban J connectivity index is 1.88. The van der Waals surface area contributed by atoms with Crippen LogP contribution in [0.5, 0.6) is 0 Å². The highest BCUT2D eigenvalue weighted by molar-refractivity contribution is 9.10. The first-order chi connectivity index (χ1) is 16.1. The summed E-state index contributed by atoms with van der Waals surface area (Å²) in [5.74, 6) is -0.00146. The summed E-state index contributed by atoms with van der Waals surface area (Å²) in [6.07, 6.45) is 0. The van der Waals surface area contributed by atoms with Crippen LogP contribution >= 0.6 is 15.9 Å². The van der Waals surface area contributed by atoms with Crippen molar-refractivity contribution in [1.29, 1.82) is 0 Å². The zero-order valence-corrected chi connectivity index (χ0v) is 21.8. The van der Waals surface area contributed by atoms with E-state index in [0.29, 0.717) is 22.5 Å². The first kappa shape index (κ1) is 25.6. The first-order valence-electron chi connectivity index (χ1n) is 11.1. The van der Waals surface area contributed by atoms with Crippen LogP contribution in [0.25, 0.3) is 5.69 Å². The maximum absolute atomic E-state index is 13.2. The Kier molecular flexibility index (Phi) is 8.28. The molecule has 0 atom stereocenters. The van der Waals surface area contributed by atoms with Crippen molar-refractivity contribution >= 4 is 33.6 Å². The van der Waals surface area contributed by atoms with Crippen molar-refractivity contribution in [3.8, 4) is 5.69 Å². The number of benzene rings is 2. The van der Waals surface area contributed by atoms with Crippen molar-refractivity contribution in [2.24, 2.45) is 0 Å². The summed E-state index contributed by atoms with van der Waals surface area (Å²) in [6, 6.07) is 16.9. The first-order valence-corrected chi connectivity index (χ1v) is 11.9. The molecule has 0 spiro atoms. The van der Waals surface area contributed by atoms with Gasteiger partial charge in [0.25, 0.3) is 5.91 Å². The molecule has 2 amide bonds. The molecule has 0 aliphatic carbocycles. The number of rotatable bonds is 8. The van der Waals surface area contributed by atoms with Gasteiger partial charge in [-0.25, -0.2) is 4.68 Å². The molecule has 0 unspecified atom stereocenters. The van der Waals surface area contributed by atoms with Crippen molar-refractivity contribution in [3.05, 3.63) is 75.9 Å². The van der Waals surface area contributed by atoms with Crippen LogP contribution in [0.2, 0.25) is 0 Å². The molecule has 1 aromatic heterocycles. The molecule has 1 N–H and O–H groups in total. The molecule has 2 aromatic carbocycles. The Morgan fingerprint density at radius 2 is 1.79 bits per heavy atom. The number of ether oxygens (including phenoxy) is 1. The van der Waals surface area contributed by atoms with Gasteiger partial charge in [0.2, 0.25) is 5.91 Å². The van der Waals surface area contributed by atoms with Crippen LogP contribution in [-0.2, 0) is 14.9 Å². The predicted molar refractivity (Wildman–Crippen MR) is 138 cm³/mol. The second-order valence-electron chi connectivity index (χ2n) is 9.11. The van der Waals surface area contributed by atoms with Gasteiger partial charge in [0, 0.05) is 29.6 Å². The zero-order chi connectivity index (χ0) is 24.9. The fourth-order valence-electron chi connectivity index (χ4n) is 3.44. The van der Waals surface area contributed by atoms with E-state index in [1.807, 2.05) is 43.3 Å². The highest BCUT2D eigenvalue weighted by Gasteiger charge is 2.24. The Bertz CT molecular complexity index is 1170. The highest BCUT2D eigenvalue weighted by Crippen LogP contribution is 2.27. The number of anilines is 1. The largest absolute Gasteiger partial charge is 0.383 e. The van der Waals surface area contributed by atoms with Crippen molar-refractivity contribution < 1.29 is 14.3 Å². The lowest BCUT2D eigenvalue weighted by atomic mass is 9.92. The van der Waals surface area contributed by atoms with E-state index in [9.17, 15) is 9.59 Å². The molecule has 0 fully saturated rings. The van der Waals surface area contributed by atoms with Crippen molar-refractivity contribution in [2.45, 2.75) is 33.1 Å². The fourth-order valence-corrected chi connectivity index (χ4v) is 3.89. The van der Waals surface area contributed by atoms with Crippen LogP contribution in [0.3, 0.4) is 0 Å². The minimum absolute atomic E-state index is 0.118. The smallest absolute Gasteiger partial charge is 0.255 e. The highest BCUT2D eigenvalue weighted by atomic mass is 79.9. The SMILES string of the molecule is COCCN(CC(=O)Nc1cc(C(C)(C)C)nn1-c1ccccc1C)C(=O)c1ccccc1Br. The number of para-hydroxylation sites is 1. The lowest BCUT2D eigenvalue weighted by Crippen LogP contribution is -2.40. The van der Waals surface area contributed by atoms with Crippen LogP contribution in [0, 0.1) is 6.92 Å². The Hall–Kier alpha value is -2.97. The summed E-state index contributed by atoms with van der Waals surface area (Å²) < 4.78 is 7.60. The molecular weight excluding hydrogens is 496 g/mol. The van der Waals surface area contributed by atoms with E-state index in [4.69, 9.17) is 9.84 Å². The van der Waals surface area contributed by atoms with Crippen LogP contribution in [0.15, 0.2) is 59.1 Å². The van der Waals surface area contributed by atoms with Gasteiger partial charge in [0.15, 0.2) is 0 Å². The number of methoxy groups -OCH3 is 1. The lowest BCUT2D eigenvalue weighted by Gasteiger charge is -2.22. The van der Waals surface area contributed by atoms with Crippen LogP contribution in [-0.4, -0.2) is 53.3 Å². The normalized spacial score (nSPS) is 11.4. The standard InChI is InChI=1S/C26H31BrN4O3/c1-18-10-6-9-13-21(18)31-23(16-22(29-31)26(2,3)4)28-24(32)17-30(14-15-34-5)25(33)19-11-7-8-12-20(19)27/h6-13,16H,14-15,17H2,1-5H3,(H,28,32). The number of hydrogen-bond acceptors (Lipinski definition) is 4. The third kappa shape index (κ3) is 6.12. The molecule has 3 aromatic rings. The minimum Gasteiger partial charge on any atom is -0.383 e. The minimum atomic E-state index is -0.313. The van der Waals surface area contributed by atoms with Gasteiger partial charge in [0.05, 0.1) is 23.6 Å². The molecule has 0 saturated carbocycles. The Morgan fingerprint density at radius 3 is 2.44 bits per heavy atom. The van der Waals surface area contributed by atoms with E-state index in [0.717, 1.165) is 16.9 Å². The number of carbonyl (C=O) groups is 2. The summed E-state index contributed by atoms with van der Waals surface area (Å²) in [5, 5.41) is 7.76. The Labute approximate surface area is 209 Å². The van der Waals surface area contributed by atoms with Crippen molar-refractivity contribution in [3.63, 3.8) is 0 Å². The number of amides is 2. The van der Waals surface area contributed by atoms with Gasteiger partial charge < -0.3 is 15.0 Å². The number of nitrogens with zero attached hydrogens (tertiary/aromatic N) is 3. The quantitative estimate of drug-likeness (QED) is 0.449. The molecule has 1 heterocycles. The van der Waals surface area contributed by atoms with Gasteiger partial charge in [-0.2, -0.15) is 5.10 Å². The number of carbonyl (C=O) groups excluding carboxylic acids is 2. The van der Waals surface area contributed by atoms with E-state index in [-0.39, 0.29) is 30.3 Å². The number of nitrogens with one attached hydrogen (secondary N) is 1. The number of halogens is 1. The van der Waals surface area contributed by atoms with Crippen LogP contribution in [0.1, 0.15) is 42.4 Å². The molecule has 7 nitrogen and oxygen atoms in total. The molecular formula is C26H31BrN4O3. The van der Waals surface area contributed by atoms with Gasteiger partial charge in [-0.15, -0.1) is 0 Å². The molecule has 0 aliphatic rings. The number of hydrogen-bond donors (Lipinski definition) is 1. The molecule has 8 heteroatoms. The zero-order valence-electron chi connectivity index (χ0n) is 20.3. The maximum atomic E-state index is 13.2. The van der Waals surface area contributed by atoms with Gasteiger partial charge in [-0.3, -0.25) is 9.59 Å².